The first-order valence-electron chi connectivity index (χ1n) is 14.5. The highest BCUT2D eigenvalue weighted by Gasteiger charge is 2.00. The van der Waals surface area contributed by atoms with E-state index in [1.165, 1.54) is 154 Å². The van der Waals surface area contributed by atoms with Crippen LogP contribution in [0.5, 0.6) is 0 Å². The van der Waals surface area contributed by atoms with Crippen molar-refractivity contribution in [2.75, 3.05) is 0 Å². The molecule has 1 atom stereocenters. The number of rotatable bonds is 25. The summed E-state index contributed by atoms with van der Waals surface area (Å²) >= 11 is 0. The van der Waals surface area contributed by atoms with Gasteiger partial charge in [-0.1, -0.05) is 168 Å². The van der Waals surface area contributed by atoms with Gasteiger partial charge in [0.25, 0.3) is 0 Å². The van der Waals surface area contributed by atoms with Gasteiger partial charge < -0.3 is 0 Å². The second-order valence-corrected chi connectivity index (χ2v) is 10.1. The molecule has 0 aliphatic rings. The lowest BCUT2D eigenvalue weighted by molar-refractivity contribution is 0.483. The minimum absolute atomic E-state index is 0.882. The third-order valence-corrected chi connectivity index (χ3v) is 6.73. The largest absolute Gasteiger partial charge is 0.0885 e. The van der Waals surface area contributed by atoms with Crippen molar-refractivity contribution in [3.63, 3.8) is 0 Å². The Morgan fingerprint density at radius 1 is 0.433 bits per heavy atom. The van der Waals surface area contributed by atoms with Crippen LogP contribution in [0.15, 0.2) is 12.2 Å². The van der Waals surface area contributed by atoms with E-state index < -0.39 is 0 Å². The normalized spacial score (nSPS) is 12.8. The maximum Gasteiger partial charge on any atom is -0.0325 e. The predicted molar refractivity (Wildman–Crippen MR) is 140 cm³/mol. The smallest absolute Gasteiger partial charge is 0.0325 e. The molecule has 0 saturated heterocycles. The summed E-state index contributed by atoms with van der Waals surface area (Å²) in [5.41, 5.74) is 0. The van der Waals surface area contributed by atoms with Gasteiger partial charge in [0.15, 0.2) is 0 Å². The Morgan fingerprint density at radius 3 is 1.23 bits per heavy atom. The molecule has 0 aliphatic heterocycles. The number of unbranched alkanes of at least 4 members (excludes halogenated alkanes) is 20. The summed E-state index contributed by atoms with van der Waals surface area (Å²) in [7, 11) is 0. The van der Waals surface area contributed by atoms with E-state index in [1.807, 2.05) is 0 Å². The van der Waals surface area contributed by atoms with Crippen LogP contribution in [0.3, 0.4) is 0 Å². The zero-order chi connectivity index (χ0) is 22.0. The third-order valence-electron chi connectivity index (χ3n) is 6.73. The maximum absolute atomic E-state index is 2.47. The van der Waals surface area contributed by atoms with Crippen LogP contribution < -0.4 is 0 Å². The van der Waals surface area contributed by atoms with Crippen LogP contribution in [0.2, 0.25) is 0 Å². The van der Waals surface area contributed by atoms with Crippen molar-refractivity contribution in [1.29, 1.82) is 0 Å². The molecule has 0 aromatic carbocycles. The van der Waals surface area contributed by atoms with Crippen molar-refractivity contribution in [2.45, 2.75) is 175 Å². The molecular weight excluding hydrogens is 360 g/mol. The second kappa shape index (κ2) is 26.8. The minimum atomic E-state index is 0.882. The van der Waals surface area contributed by atoms with Crippen LogP contribution in [0, 0.1) is 5.92 Å². The van der Waals surface area contributed by atoms with Crippen LogP contribution in [-0.4, -0.2) is 0 Å². The van der Waals surface area contributed by atoms with Gasteiger partial charge in [-0.25, -0.2) is 0 Å². The van der Waals surface area contributed by atoms with E-state index in [4.69, 9.17) is 0 Å². The van der Waals surface area contributed by atoms with E-state index >= 15 is 0 Å². The van der Waals surface area contributed by atoms with E-state index in [9.17, 15) is 0 Å². The standard InChI is InChI=1S/C30H60/c1-4-6-8-10-12-14-15-16-17-18-19-21-23-25-27-29-30(3)28-26-24-22-20-13-11-9-7-5-2/h25,27,30H,4-24,26,28-29H2,1-3H3/b27-25+. The number of hydrogen-bond acceptors (Lipinski definition) is 0. The van der Waals surface area contributed by atoms with E-state index in [0.29, 0.717) is 0 Å². The summed E-state index contributed by atoms with van der Waals surface area (Å²) in [5, 5.41) is 0. The molecule has 0 heterocycles. The lowest BCUT2D eigenvalue weighted by atomic mass is 9.98. The molecule has 0 nitrogen and oxygen atoms in total. The van der Waals surface area contributed by atoms with Crippen molar-refractivity contribution >= 4 is 0 Å². The van der Waals surface area contributed by atoms with Gasteiger partial charge in [0.2, 0.25) is 0 Å². The van der Waals surface area contributed by atoms with Gasteiger partial charge in [0, 0.05) is 0 Å². The number of allylic oxidation sites excluding steroid dienone is 2. The highest BCUT2D eigenvalue weighted by Crippen LogP contribution is 2.17. The Morgan fingerprint density at radius 2 is 0.800 bits per heavy atom. The Labute approximate surface area is 193 Å². The fourth-order valence-corrected chi connectivity index (χ4v) is 4.47. The van der Waals surface area contributed by atoms with Gasteiger partial charge in [0.1, 0.15) is 0 Å². The van der Waals surface area contributed by atoms with Crippen LogP contribution in [-0.2, 0) is 0 Å². The Kier molecular flexibility index (Phi) is 26.5. The molecule has 180 valence electrons. The van der Waals surface area contributed by atoms with Gasteiger partial charge >= 0.3 is 0 Å². The van der Waals surface area contributed by atoms with E-state index in [-0.39, 0.29) is 0 Å². The van der Waals surface area contributed by atoms with Crippen molar-refractivity contribution < 1.29 is 0 Å². The topological polar surface area (TPSA) is 0 Å². The highest BCUT2D eigenvalue weighted by atomic mass is 14.1. The molecule has 0 aliphatic carbocycles. The summed E-state index contributed by atoms with van der Waals surface area (Å²) in [4.78, 5) is 0. The lowest BCUT2D eigenvalue weighted by Crippen LogP contribution is -1.92. The van der Waals surface area contributed by atoms with Gasteiger partial charge in [-0.15, -0.1) is 0 Å². The van der Waals surface area contributed by atoms with Crippen LogP contribution in [0.4, 0.5) is 0 Å². The first kappa shape index (κ1) is 29.7. The summed E-state index contributed by atoms with van der Waals surface area (Å²) in [6.45, 7) is 7.05. The van der Waals surface area contributed by atoms with Crippen molar-refractivity contribution in [1.82, 2.24) is 0 Å². The zero-order valence-corrected chi connectivity index (χ0v) is 21.7. The average Bonchev–Trinajstić information content (AvgIpc) is 2.75. The molecule has 30 heavy (non-hydrogen) atoms. The van der Waals surface area contributed by atoms with E-state index in [1.54, 1.807) is 0 Å². The zero-order valence-electron chi connectivity index (χ0n) is 21.7. The molecule has 0 bridgehead atoms. The molecule has 0 aromatic rings. The fraction of sp³-hybridized carbons (Fsp3) is 0.933. The third kappa shape index (κ3) is 25.8. The van der Waals surface area contributed by atoms with E-state index in [2.05, 4.69) is 32.9 Å². The van der Waals surface area contributed by atoms with Crippen LogP contribution in [0.1, 0.15) is 175 Å². The van der Waals surface area contributed by atoms with Gasteiger partial charge in [-0.2, -0.15) is 0 Å². The molecule has 0 fully saturated rings. The average molecular weight is 421 g/mol. The van der Waals surface area contributed by atoms with E-state index in [0.717, 1.165) is 5.92 Å². The monoisotopic (exact) mass is 420 g/mol. The molecule has 0 heteroatoms. The first-order chi connectivity index (χ1) is 14.8. The van der Waals surface area contributed by atoms with Crippen molar-refractivity contribution in [3.05, 3.63) is 12.2 Å². The molecule has 0 rings (SSSR count). The summed E-state index contributed by atoms with van der Waals surface area (Å²) in [6, 6.07) is 0. The fourth-order valence-electron chi connectivity index (χ4n) is 4.47. The Bertz CT molecular complexity index is 316. The van der Waals surface area contributed by atoms with Crippen molar-refractivity contribution in [2.24, 2.45) is 5.92 Å². The predicted octanol–water partition coefficient (Wildman–Crippen LogP) is 11.6. The molecule has 0 aromatic heterocycles. The van der Waals surface area contributed by atoms with Crippen molar-refractivity contribution in [3.8, 4) is 0 Å². The van der Waals surface area contributed by atoms with Crippen LogP contribution >= 0.6 is 0 Å². The molecule has 0 spiro atoms. The Hall–Kier alpha value is -0.260. The molecule has 0 radical (unpaired) electrons. The quantitative estimate of drug-likeness (QED) is 0.102. The molecule has 0 N–H and O–H groups in total. The van der Waals surface area contributed by atoms with Gasteiger partial charge in [-0.3, -0.25) is 0 Å². The Balaban J connectivity index is 3.21. The minimum Gasteiger partial charge on any atom is -0.0885 e. The first-order valence-corrected chi connectivity index (χ1v) is 14.5. The summed E-state index contributed by atoms with van der Waals surface area (Å²) < 4.78 is 0. The van der Waals surface area contributed by atoms with Gasteiger partial charge in [0.05, 0.1) is 0 Å². The second-order valence-electron chi connectivity index (χ2n) is 10.1. The highest BCUT2D eigenvalue weighted by molar-refractivity contribution is 4.83. The molecule has 0 saturated carbocycles. The molecule has 1 unspecified atom stereocenters. The summed E-state index contributed by atoms with van der Waals surface area (Å²) in [6.07, 6.45) is 39.4. The summed E-state index contributed by atoms with van der Waals surface area (Å²) in [5.74, 6) is 0.882. The maximum atomic E-state index is 2.47. The molecular formula is C30H60. The van der Waals surface area contributed by atoms with Crippen LogP contribution in [0.25, 0.3) is 0 Å². The number of hydrogen-bond donors (Lipinski definition) is 0. The lowest BCUT2D eigenvalue weighted by Gasteiger charge is -2.08. The SMILES string of the molecule is CCCCCCCCCCCCCC/C=C/CC(C)CCCCCCCCCCC. The van der Waals surface area contributed by atoms with Gasteiger partial charge in [-0.05, 0) is 25.2 Å². The molecule has 0 amide bonds.